The fourth-order valence-electron chi connectivity index (χ4n) is 6.56. The zero-order valence-electron chi connectivity index (χ0n) is 27.3. The molecule has 0 bridgehead atoms. The molecule has 2 amide bonds. The van der Waals surface area contributed by atoms with Crippen LogP contribution in [0.1, 0.15) is 59.4 Å². The van der Waals surface area contributed by atoms with Crippen molar-refractivity contribution in [1.82, 2.24) is 15.5 Å². The van der Waals surface area contributed by atoms with Gasteiger partial charge in [-0.2, -0.15) is 13.2 Å². The monoisotopic (exact) mass is 693 g/mol. The van der Waals surface area contributed by atoms with Crippen molar-refractivity contribution in [2.45, 2.75) is 49.8 Å². The largest absolute Gasteiger partial charge is 0.445 e. The molecular weight excluding hydrogens is 651 g/mol. The van der Waals surface area contributed by atoms with Gasteiger partial charge in [0.25, 0.3) is 0 Å². The molecule has 0 radical (unpaired) electrons. The van der Waals surface area contributed by atoms with Gasteiger partial charge in [-0.3, -0.25) is 4.79 Å². The summed E-state index contributed by atoms with van der Waals surface area (Å²) in [5, 5.41) is 5.62. The lowest BCUT2D eigenvalue weighted by molar-refractivity contribution is -0.137. The number of piperidine rings is 1. The Balaban J connectivity index is 0.00000541. The number of alkyl halides is 3. The SMILES string of the molecule is Cl.O=C(CNC(=O)OCc1ccccc1)NCC(CCCN1CCC(c2cccc(C(F)(F)F)c2)CC1)(c1ccccc1)c1ccccc1. The Morgan fingerprint density at radius 1 is 0.755 bits per heavy atom. The normalized spacial score (nSPS) is 14.0. The highest BCUT2D eigenvalue weighted by Gasteiger charge is 2.35. The van der Waals surface area contributed by atoms with Crippen molar-refractivity contribution in [3.8, 4) is 0 Å². The van der Waals surface area contributed by atoms with E-state index >= 15 is 0 Å². The maximum absolute atomic E-state index is 13.3. The molecule has 1 aliphatic rings. The number of hydrogen-bond donors (Lipinski definition) is 2. The highest BCUT2D eigenvalue weighted by atomic mass is 35.5. The molecule has 260 valence electrons. The standard InChI is InChI=1S/C39H42F3N3O3.ClH/c40-39(41,42)35-19-10-14-32(26-35)31-20-24-45(25-21-31)23-11-22-38(33-15-6-2-7-16-33,34-17-8-3-9-18-34)29-44-36(46)27-43-37(47)48-28-30-12-4-1-5-13-30;/h1-10,12-19,26,31H,11,20-25,27-29H2,(H,43,47)(H,44,46);1H. The highest BCUT2D eigenvalue weighted by Crippen LogP contribution is 2.38. The van der Waals surface area contributed by atoms with E-state index in [1.165, 1.54) is 12.1 Å². The van der Waals surface area contributed by atoms with Crippen LogP contribution >= 0.6 is 12.4 Å². The first-order valence-electron chi connectivity index (χ1n) is 16.4. The number of hydrogen-bond acceptors (Lipinski definition) is 4. The van der Waals surface area contributed by atoms with Gasteiger partial charge in [0.05, 0.1) is 12.1 Å². The molecule has 49 heavy (non-hydrogen) atoms. The van der Waals surface area contributed by atoms with Gasteiger partial charge in [-0.1, -0.05) is 109 Å². The fourth-order valence-corrected chi connectivity index (χ4v) is 6.56. The quantitative estimate of drug-likeness (QED) is 0.148. The summed E-state index contributed by atoms with van der Waals surface area (Å²) in [4.78, 5) is 27.7. The Morgan fingerprint density at radius 2 is 1.33 bits per heavy atom. The van der Waals surface area contributed by atoms with Gasteiger partial charge in [0.1, 0.15) is 6.61 Å². The zero-order valence-corrected chi connectivity index (χ0v) is 28.1. The summed E-state index contributed by atoms with van der Waals surface area (Å²) in [5.74, 6) is -0.213. The van der Waals surface area contributed by atoms with Crippen molar-refractivity contribution in [2.24, 2.45) is 0 Å². The number of nitrogens with zero attached hydrogens (tertiary/aromatic N) is 1. The predicted molar refractivity (Wildman–Crippen MR) is 188 cm³/mol. The maximum Gasteiger partial charge on any atom is 0.416 e. The third-order valence-corrected chi connectivity index (χ3v) is 9.20. The zero-order chi connectivity index (χ0) is 33.8. The van der Waals surface area contributed by atoms with Crippen LogP contribution in [-0.2, 0) is 27.7 Å². The minimum Gasteiger partial charge on any atom is -0.445 e. The number of carbonyl (C=O) groups excluding carboxylic acids is 2. The number of halogens is 4. The number of rotatable bonds is 13. The van der Waals surface area contributed by atoms with E-state index in [9.17, 15) is 22.8 Å². The van der Waals surface area contributed by atoms with Crippen molar-refractivity contribution in [3.05, 3.63) is 143 Å². The van der Waals surface area contributed by atoms with Crippen LogP contribution in [0.2, 0.25) is 0 Å². The van der Waals surface area contributed by atoms with E-state index in [4.69, 9.17) is 4.74 Å². The second-order valence-corrected chi connectivity index (χ2v) is 12.3. The van der Waals surface area contributed by atoms with Crippen LogP contribution in [0.25, 0.3) is 0 Å². The van der Waals surface area contributed by atoms with Crippen molar-refractivity contribution in [3.63, 3.8) is 0 Å². The summed E-state index contributed by atoms with van der Waals surface area (Å²) in [6.07, 6.45) is -1.80. The predicted octanol–water partition coefficient (Wildman–Crippen LogP) is 8.12. The van der Waals surface area contributed by atoms with Gasteiger partial charge in [-0.15, -0.1) is 12.4 Å². The average Bonchev–Trinajstić information content (AvgIpc) is 3.12. The topological polar surface area (TPSA) is 70.7 Å². The number of nitrogens with one attached hydrogen (secondary N) is 2. The van der Waals surface area contributed by atoms with Gasteiger partial charge in [0, 0.05) is 12.0 Å². The summed E-state index contributed by atoms with van der Waals surface area (Å²) in [6.45, 7) is 2.69. The van der Waals surface area contributed by atoms with Gasteiger partial charge in [-0.25, -0.2) is 4.79 Å². The van der Waals surface area contributed by atoms with Gasteiger partial charge >= 0.3 is 12.3 Å². The highest BCUT2D eigenvalue weighted by molar-refractivity contribution is 5.85. The Kier molecular flexibility index (Phi) is 13.7. The van der Waals surface area contributed by atoms with Crippen molar-refractivity contribution < 1.29 is 27.5 Å². The molecule has 4 aromatic rings. The molecule has 1 aliphatic heterocycles. The molecule has 1 saturated heterocycles. The molecule has 2 N–H and O–H groups in total. The number of likely N-dealkylation sites (tertiary alicyclic amines) is 1. The van der Waals surface area contributed by atoms with Crippen LogP contribution in [0, 0.1) is 0 Å². The lowest BCUT2D eigenvalue weighted by Gasteiger charge is -2.37. The number of alkyl carbamates (subject to hydrolysis) is 1. The van der Waals surface area contributed by atoms with E-state index in [2.05, 4.69) is 39.8 Å². The Bertz CT molecular complexity index is 1560. The summed E-state index contributed by atoms with van der Waals surface area (Å²) in [5.41, 5.74) is 2.65. The van der Waals surface area contributed by atoms with Crippen molar-refractivity contribution >= 4 is 24.4 Å². The van der Waals surface area contributed by atoms with Crippen molar-refractivity contribution in [2.75, 3.05) is 32.7 Å². The lowest BCUT2D eigenvalue weighted by atomic mass is 9.71. The number of benzene rings is 4. The van der Waals surface area contributed by atoms with Crippen molar-refractivity contribution in [1.29, 1.82) is 0 Å². The molecule has 10 heteroatoms. The molecular formula is C39H43ClF3N3O3. The summed E-state index contributed by atoms with van der Waals surface area (Å²) >= 11 is 0. The van der Waals surface area contributed by atoms with E-state index in [-0.39, 0.29) is 37.4 Å². The lowest BCUT2D eigenvalue weighted by Crippen LogP contribution is -2.45. The smallest absolute Gasteiger partial charge is 0.416 e. The van der Waals surface area contributed by atoms with E-state index in [1.807, 2.05) is 66.7 Å². The number of amides is 2. The fraction of sp³-hybridized carbons (Fsp3) is 0.333. The average molecular weight is 694 g/mol. The first kappa shape index (κ1) is 37.5. The molecule has 6 nitrogen and oxygen atoms in total. The number of ether oxygens (including phenoxy) is 1. The third kappa shape index (κ3) is 10.6. The molecule has 0 aromatic heterocycles. The Hall–Kier alpha value is -4.34. The van der Waals surface area contributed by atoms with E-state index in [0.717, 1.165) is 73.6 Å². The Labute approximate surface area is 292 Å². The molecule has 5 rings (SSSR count). The van der Waals surface area contributed by atoms with Crippen LogP contribution in [0.3, 0.4) is 0 Å². The molecule has 0 unspecified atom stereocenters. The minimum absolute atomic E-state index is 0. The van der Waals surface area contributed by atoms with Crippen LogP contribution in [-0.4, -0.2) is 49.6 Å². The maximum atomic E-state index is 13.3. The summed E-state index contributed by atoms with van der Waals surface area (Å²) in [7, 11) is 0. The second-order valence-electron chi connectivity index (χ2n) is 12.3. The number of carbonyl (C=O) groups is 2. The van der Waals surface area contributed by atoms with Crippen LogP contribution in [0.5, 0.6) is 0 Å². The first-order valence-corrected chi connectivity index (χ1v) is 16.4. The molecule has 0 saturated carbocycles. The summed E-state index contributed by atoms with van der Waals surface area (Å²) < 4.78 is 45.1. The Morgan fingerprint density at radius 3 is 1.92 bits per heavy atom. The van der Waals surface area contributed by atoms with Crippen LogP contribution in [0.4, 0.5) is 18.0 Å². The van der Waals surface area contributed by atoms with Gasteiger partial charge in [0.15, 0.2) is 0 Å². The second kappa shape index (κ2) is 17.9. The molecule has 0 aliphatic carbocycles. The van der Waals surface area contributed by atoms with E-state index in [1.54, 1.807) is 6.07 Å². The van der Waals surface area contributed by atoms with Gasteiger partial charge < -0.3 is 20.3 Å². The molecule has 0 spiro atoms. The first-order chi connectivity index (χ1) is 23.2. The van der Waals surface area contributed by atoms with Gasteiger partial charge in [0.2, 0.25) is 5.91 Å². The van der Waals surface area contributed by atoms with E-state index in [0.29, 0.717) is 6.54 Å². The molecule has 1 fully saturated rings. The van der Waals surface area contributed by atoms with Crippen LogP contribution in [0.15, 0.2) is 115 Å². The molecule has 4 aromatic carbocycles. The van der Waals surface area contributed by atoms with Gasteiger partial charge in [-0.05, 0) is 79.6 Å². The minimum atomic E-state index is -4.34. The summed E-state index contributed by atoms with van der Waals surface area (Å²) in [6, 6.07) is 35.3. The van der Waals surface area contributed by atoms with E-state index < -0.39 is 23.2 Å². The third-order valence-electron chi connectivity index (χ3n) is 9.20. The molecule has 1 heterocycles. The molecule has 0 atom stereocenters. The van der Waals surface area contributed by atoms with Crippen LogP contribution < -0.4 is 10.6 Å².